The summed E-state index contributed by atoms with van der Waals surface area (Å²) in [5.74, 6) is 1.44. The number of hydrogen-bond donors (Lipinski definition) is 4. The first kappa shape index (κ1) is 15.5. The molecule has 5 N–H and O–H groups in total. The first-order valence-corrected chi connectivity index (χ1v) is 8.58. The zero-order chi connectivity index (χ0) is 17.2. The Morgan fingerprint density at radius 1 is 1.20 bits per heavy atom. The normalized spacial score (nSPS) is 14.9. The summed E-state index contributed by atoms with van der Waals surface area (Å²) in [5, 5.41) is 14.2. The van der Waals surface area contributed by atoms with Crippen LogP contribution in [0, 0.1) is 0 Å². The van der Waals surface area contributed by atoms with Crippen molar-refractivity contribution < 1.29 is 0 Å². The number of anilines is 4. The number of H-pyrrole nitrogens is 1. The third-order valence-corrected chi connectivity index (χ3v) is 4.45. The lowest BCUT2D eigenvalue weighted by molar-refractivity contribution is 0.839. The van der Waals surface area contributed by atoms with Gasteiger partial charge in [0.05, 0.1) is 23.1 Å². The fourth-order valence-electron chi connectivity index (χ4n) is 2.85. The highest BCUT2D eigenvalue weighted by atomic mass is 15.2. The predicted molar refractivity (Wildman–Crippen MR) is 101 cm³/mol. The molecule has 0 unspecified atom stereocenters. The smallest absolute Gasteiger partial charge is 0.152 e. The van der Waals surface area contributed by atoms with Gasteiger partial charge in [-0.15, -0.1) is 0 Å². The molecule has 1 fully saturated rings. The predicted octanol–water partition coefficient (Wildman–Crippen LogP) is 4.18. The highest BCUT2D eigenvalue weighted by molar-refractivity contribution is 5.75. The summed E-state index contributed by atoms with van der Waals surface area (Å²) in [5.41, 5.74) is 10.8. The van der Waals surface area contributed by atoms with E-state index in [1.165, 1.54) is 18.5 Å². The number of aromatic amines is 1. The van der Waals surface area contributed by atoms with Gasteiger partial charge >= 0.3 is 0 Å². The molecule has 0 radical (unpaired) electrons. The summed E-state index contributed by atoms with van der Waals surface area (Å²) in [6.07, 6.45) is 4.29. The van der Waals surface area contributed by atoms with Gasteiger partial charge in [-0.25, -0.2) is 0 Å². The van der Waals surface area contributed by atoms with E-state index >= 15 is 0 Å². The molecule has 25 heavy (non-hydrogen) atoms. The zero-order valence-corrected chi connectivity index (χ0v) is 14.2. The van der Waals surface area contributed by atoms with E-state index in [1.54, 1.807) is 6.20 Å². The quantitative estimate of drug-likeness (QED) is 0.508. The Morgan fingerprint density at radius 2 is 2.08 bits per heavy atom. The number of aromatic nitrogens is 3. The summed E-state index contributed by atoms with van der Waals surface area (Å²) < 4.78 is 0. The molecule has 4 rings (SSSR count). The topological polar surface area (TPSA) is 91.7 Å². The van der Waals surface area contributed by atoms with Crippen LogP contribution in [0.4, 0.5) is 22.9 Å². The lowest BCUT2D eigenvalue weighted by Gasteiger charge is -2.16. The molecular formula is C19H22N6. The minimum absolute atomic E-state index is 0.101. The van der Waals surface area contributed by atoms with E-state index < -0.39 is 0 Å². The van der Waals surface area contributed by atoms with Gasteiger partial charge in [0, 0.05) is 29.6 Å². The number of nitrogens with two attached hydrogens (primary N) is 1. The number of nitrogens with zero attached hydrogens (tertiary/aromatic N) is 2. The maximum absolute atomic E-state index is 6.12. The van der Waals surface area contributed by atoms with E-state index in [2.05, 4.69) is 38.8 Å². The molecule has 6 heteroatoms. The Morgan fingerprint density at radius 3 is 2.84 bits per heavy atom. The molecule has 6 nitrogen and oxygen atoms in total. The molecule has 1 aromatic carbocycles. The maximum Gasteiger partial charge on any atom is 0.152 e. The van der Waals surface area contributed by atoms with E-state index in [0.717, 1.165) is 22.9 Å². The highest BCUT2D eigenvalue weighted by Crippen LogP contribution is 2.40. The van der Waals surface area contributed by atoms with Crippen molar-refractivity contribution in [1.82, 2.24) is 15.2 Å². The lowest BCUT2D eigenvalue weighted by Crippen LogP contribution is -2.08. The van der Waals surface area contributed by atoms with Crippen LogP contribution in [0.5, 0.6) is 0 Å². The molecule has 0 bridgehead atoms. The molecule has 0 saturated heterocycles. The number of benzene rings is 1. The fourth-order valence-corrected chi connectivity index (χ4v) is 2.85. The molecule has 0 spiro atoms. The summed E-state index contributed by atoms with van der Waals surface area (Å²) in [6, 6.07) is 14.0. The molecule has 3 aromatic rings. The third kappa shape index (κ3) is 3.57. The van der Waals surface area contributed by atoms with Gasteiger partial charge < -0.3 is 16.4 Å². The molecule has 2 heterocycles. The van der Waals surface area contributed by atoms with Crippen LogP contribution in [0.1, 0.15) is 43.1 Å². The number of pyridine rings is 1. The van der Waals surface area contributed by atoms with Crippen molar-refractivity contribution >= 4 is 22.9 Å². The van der Waals surface area contributed by atoms with Crippen molar-refractivity contribution in [3.63, 3.8) is 0 Å². The van der Waals surface area contributed by atoms with Gasteiger partial charge in [-0.05, 0) is 50.1 Å². The molecule has 1 atom stereocenters. The van der Waals surface area contributed by atoms with Crippen molar-refractivity contribution in [2.75, 3.05) is 16.4 Å². The molecule has 0 aliphatic heterocycles. The molecule has 1 saturated carbocycles. The first-order chi connectivity index (χ1) is 12.2. The highest BCUT2D eigenvalue weighted by Gasteiger charge is 2.25. The molecule has 128 valence electrons. The molecular weight excluding hydrogens is 312 g/mol. The summed E-state index contributed by atoms with van der Waals surface area (Å²) in [4.78, 5) is 4.39. The van der Waals surface area contributed by atoms with Crippen LogP contribution < -0.4 is 16.4 Å². The van der Waals surface area contributed by atoms with Gasteiger partial charge in [-0.2, -0.15) is 5.10 Å². The second-order valence-electron chi connectivity index (χ2n) is 6.53. The standard InChI is InChI=1S/C19H22N6/c1-12(16-4-2-3-9-21-16)22-14-7-8-15(20)18(10-14)23-19-11-17(24-25-19)13-5-6-13/h2-4,7-13,22H,5-6,20H2,1H3,(H2,23,24,25)/t12-/m0/s1. The zero-order valence-electron chi connectivity index (χ0n) is 14.2. The van der Waals surface area contributed by atoms with Crippen molar-refractivity contribution in [2.45, 2.75) is 31.7 Å². The minimum atomic E-state index is 0.101. The SMILES string of the molecule is C[C@H](Nc1ccc(N)c(Nc2cc(C3CC3)[nH]n2)c1)c1ccccn1. The van der Waals surface area contributed by atoms with Gasteiger partial charge in [0.15, 0.2) is 5.82 Å². The Labute approximate surface area is 146 Å². The number of nitrogens with one attached hydrogen (secondary N) is 3. The van der Waals surface area contributed by atoms with Crippen LogP contribution >= 0.6 is 0 Å². The van der Waals surface area contributed by atoms with Crippen molar-refractivity contribution in [1.29, 1.82) is 0 Å². The fraction of sp³-hybridized carbons (Fsp3) is 0.263. The third-order valence-electron chi connectivity index (χ3n) is 4.45. The van der Waals surface area contributed by atoms with Crippen LogP contribution in [-0.2, 0) is 0 Å². The van der Waals surface area contributed by atoms with E-state index in [1.807, 2.05) is 36.4 Å². The van der Waals surface area contributed by atoms with Crippen molar-refractivity contribution in [3.05, 3.63) is 60.0 Å². The van der Waals surface area contributed by atoms with Crippen molar-refractivity contribution in [3.8, 4) is 0 Å². The van der Waals surface area contributed by atoms with E-state index in [4.69, 9.17) is 5.73 Å². The van der Waals surface area contributed by atoms with Crippen LogP contribution in [0.15, 0.2) is 48.7 Å². The van der Waals surface area contributed by atoms with Gasteiger partial charge in [0.25, 0.3) is 0 Å². The Hall–Kier alpha value is -3.02. The number of nitrogen functional groups attached to an aromatic ring is 1. The van der Waals surface area contributed by atoms with Gasteiger partial charge in [-0.3, -0.25) is 10.1 Å². The average molecular weight is 334 g/mol. The van der Waals surface area contributed by atoms with Gasteiger partial charge in [0.2, 0.25) is 0 Å². The van der Waals surface area contributed by atoms with Gasteiger partial charge in [0.1, 0.15) is 0 Å². The molecule has 0 amide bonds. The van der Waals surface area contributed by atoms with E-state index in [0.29, 0.717) is 11.6 Å². The van der Waals surface area contributed by atoms with Gasteiger partial charge in [-0.1, -0.05) is 6.07 Å². The van der Waals surface area contributed by atoms with Crippen LogP contribution in [-0.4, -0.2) is 15.2 Å². The second kappa shape index (κ2) is 6.47. The number of hydrogen-bond acceptors (Lipinski definition) is 5. The maximum atomic E-state index is 6.12. The second-order valence-corrected chi connectivity index (χ2v) is 6.53. The van der Waals surface area contributed by atoms with Crippen LogP contribution in [0.25, 0.3) is 0 Å². The summed E-state index contributed by atoms with van der Waals surface area (Å²) >= 11 is 0. The molecule has 2 aromatic heterocycles. The first-order valence-electron chi connectivity index (χ1n) is 8.58. The lowest BCUT2D eigenvalue weighted by atomic mass is 10.2. The monoisotopic (exact) mass is 334 g/mol. The molecule has 1 aliphatic carbocycles. The Bertz CT molecular complexity index is 853. The largest absolute Gasteiger partial charge is 0.397 e. The molecule has 1 aliphatic rings. The minimum Gasteiger partial charge on any atom is -0.397 e. The summed E-state index contributed by atoms with van der Waals surface area (Å²) in [7, 11) is 0. The summed E-state index contributed by atoms with van der Waals surface area (Å²) in [6.45, 7) is 2.08. The Kier molecular flexibility index (Phi) is 4.01. The van der Waals surface area contributed by atoms with Crippen LogP contribution in [0.2, 0.25) is 0 Å². The average Bonchev–Trinajstić information content (AvgIpc) is 3.38. The van der Waals surface area contributed by atoms with E-state index in [9.17, 15) is 0 Å². The van der Waals surface area contributed by atoms with E-state index in [-0.39, 0.29) is 6.04 Å². The van der Waals surface area contributed by atoms with Crippen molar-refractivity contribution in [2.24, 2.45) is 0 Å². The number of rotatable bonds is 6. The van der Waals surface area contributed by atoms with Crippen LogP contribution in [0.3, 0.4) is 0 Å². The Balaban J connectivity index is 1.49.